The van der Waals surface area contributed by atoms with E-state index in [1.54, 1.807) is 6.33 Å². The van der Waals surface area contributed by atoms with Gasteiger partial charge in [0.05, 0.1) is 5.92 Å². The number of hydrogen-bond acceptors (Lipinski definition) is 6. The number of hydrogen-bond donors (Lipinski definition) is 0. The van der Waals surface area contributed by atoms with Gasteiger partial charge in [-0.05, 0) is 18.8 Å². The Kier molecular flexibility index (Phi) is 5.45. The molecule has 1 fully saturated rings. The van der Waals surface area contributed by atoms with Gasteiger partial charge in [-0.2, -0.15) is 4.98 Å². The van der Waals surface area contributed by atoms with Crippen molar-refractivity contribution < 1.29 is 9.32 Å². The molecule has 2 aromatic rings. The highest BCUT2D eigenvalue weighted by Crippen LogP contribution is 2.26. The van der Waals surface area contributed by atoms with Crippen molar-refractivity contribution >= 4 is 5.91 Å². The monoisotopic (exact) mass is 346 g/mol. The van der Waals surface area contributed by atoms with Crippen molar-refractivity contribution in [2.45, 2.75) is 51.9 Å². The van der Waals surface area contributed by atoms with Crippen LogP contribution in [0.4, 0.5) is 0 Å². The van der Waals surface area contributed by atoms with E-state index in [2.05, 4.69) is 34.2 Å². The molecule has 3 heterocycles. The average Bonchev–Trinajstić information content (AvgIpc) is 3.21. The lowest BCUT2D eigenvalue weighted by molar-refractivity contribution is -0.132. The number of carbonyl (C=O) groups excluding carboxylic acids is 1. The molecule has 1 amide bonds. The van der Waals surface area contributed by atoms with Gasteiger partial charge in [0.2, 0.25) is 11.8 Å². The van der Waals surface area contributed by atoms with Gasteiger partial charge in [-0.15, -0.1) is 10.2 Å². The molecule has 0 spiro atoms. The van der Waals surface area contributed by atoms with Gasteiger partial charge in [-0.1, -0.05) is 19.0 Å². The van der Waals surface area contributed by atoms with Crippen LogP contribution >= 0.6 is 0 Å². The lowest BCUT2D eigenvalue weighted by atomic mass is 9.97. The molecule has 25 heavy (non-hydrogen) atoms. The van der Waals surface area contributed by atoms with Crippen molar-refractivity contribution in [1.29, 1.82) is 0 Å². The SMILES string of the molecule is CC(C)Cc1noc([C@@H]2CCCN(C(=O)CCc3nncn3C)C2)n1. The normalized spacial score (nSPS) is 18.1. The van der Waals surface area contributed by atoms with Gasteiger partial charge in [-0.3, -0.25) is 4.79 Å². The first-order valence-electron chi connectivity index (χ1n) is 8.96. The molecule has 1 aliphatic rings. The van der Waals surface area contributed by atoms with Gasteiger partial charge in [0.25, 0.3) is 0 Å². The van der Waals surface area contributed by atoms with Gasteiger partial charge < -0.3 is 14.0 Å². The number of aromatic nitrogens is 5. The van der Waals surface area contributed by atoms with E-state index in [1.807, 2.05) is 16.5 Å². The van der Waals surface area contributed by atoms with Crippen molar-refractivity contribution in [1.82, 2.24) is 29.8 Å². The number of amides is 1. The molecule has 1 atom stereocenters. The van der Waals surface area contributed by atoms with E-state index in [-0.39, 0.29) is 11.8 Å². The lowest BCUT2D eigenvalue weighted by Crippen LogP contribution is -2.39. The fourth-order valence-electron chi connectivity index (χ4n) is 3.20. The highest BCUT2D eigenvalue weighted by molar-refractivity contribution is 5.76. The molecule has 0 aromatic carbocycles. The third kappa shape index (κ3) is 4.43. The van der Waals surface area contributed by atoms with Crippen molar-refractivity contribution in [3.63, 3.8) is 0 Å². The van der Waals surface area contributed by atoms with E-state index in [4.69, 9.17) is 4.52 Å². The quantitative estimate of drug-likeness (QED) is 0.791. The van der Waals surface area contributed by atoms with Crippen molar-refractivity contribution in [3.05, 3.63) is 23.9 Å². The van der Waals surface area contributed by atoms with Gasteiger partial charge in [0.1, 0.15) is 12.2 Å². The zero-order valence-corrected chi connectivity index (χ0v) is 15.2. The van der Waals surface area contributed by atoms with Crippen LogP contribution in [-0.2, 0) is 24.7 Å². The summed E-state index contributed by atoms with van der Waals surface area (Å²) in [4.78, 5) is 19.0. The summed E-state index contributed by atoms with van der Waals surface area (Å²) in [7, 11) is 1.89. The molecule has 8 nitrogen and oxygen atoms in total. The van der Waals surface area contributed by atoms with Gasteiger partial charge in [-0.25, -0.2) is 0 Å². The molecule has 0 saturated carbocycles. The molecule has 8 heteroatoms. The summed E-state index contributed by atoms with van der Waals surface area (Å²) in [6.45, 7) is 5.71. The number of nitrogens with zero attached hydrogens (tertiary/aromatic N) is 6. The van der Waals surface area contributed by atoms with Crippen LogP contribution in [0.5, 0.6) is 0 Å². The molecule has 3 rings (SSSR count). The Morgan fingerprint density at radius 1 is 1.44 bits per heavy atom. The first kappa shape index (κ1) is 17.6. The Bertz CT molecular complexity index is 708. The number of rotatable bonds is 6. The highest BCUT2D eigenvalue weighted by atomic mass is 16.5. The van der Waals surface area contributed by atoms with E-state index in [0.717, 1.165) is 37.5 Å². The topological polar surface area (TPSA) is 89.9 Å². The van der Waals surface area contributed by atoms with E-state index >= 15 is 0 Å². The minimum absolute atomic E-state index is 0.140. The van der Waals surface area contributed by atoms with E-state index in [0.29, 0.717) is 31.2 Å². The van der Waals surface area contributed by atoms with Crippen LogP contribution in [0.25, 0.3) is 0 Å². The zero-order chi connectivity index (χ0) is 17.8. The maximum absolute atomic E-state index is 12.5. The van der Waals surface area contributed by atoms with Gasteiger partial charge in [0, 0.05) is 39.4 Å². The van der Waals surface area contributed by atoms with Crippen LogP contribution in [-0.4, -0.2) is 48.8 Å². The molecule has 0 unspecified atom stereocenters. The van der Waals surface area contributed by atoms with Crippen LogP contribution in [0.1, 0.15) is 56.6 Å². The average molecular weight is 346 g/mol. The van der Waals surface area contributed by atoms with Crippen molar-refractivity contribution in [2.24, 2.45) is 13.0 Å². The predicted molar refractivity (Wildman–Crippen MR) is 90.7 cm³/mol. The smallest absolute Gasteiger partial charge is 0.231 e. The Hall–Kier alpha value is -2.25. The number of carbonyl (C=O) groups is 1. The third-order valence-corrected chi connectivity index (χ3v) is 4.57. The van der Waals surface area contributed by atoms with E-state index < -0.39 is 0 Å². The summed E-state index contributed by atoms with van der Waals surface area (Å²) < 4.78 is 7.30. The summed E-state index contributed by atoms with van der Waals surface area (Å²) in [5.41, 5.74) is 0. The zero-order valence-electron chi connectivity index (χ0n) is 15.2. The maximum atomic E-state index is 12.5. The molecule has 0 radical (unpaired) electrons. The minimum Gasteiger partial charge on any atom is -0.342 e. The predicted octanol–water partition coefficient (Wildman–Crippen LogP) is 1.74. The standard InChI is InChI=1S/C17H26N6O2/c1-12(2)9-14-19-17(25-21-14)13-5-4-8-23(10-13)16(24)7-6-15-20-18-11-22(15)3/h11-13H,4-10H2,1-3H3/t13-/m1/s1. The van der Waals surface area contributed by atoms with Gasteiger partial charge in [0.15, 0.2) is 5.82 Å². The third-order valence-electron chi connectivity index (χ3n) is 4.57. The second-order valence-corrected chi connectivity index (χ2v) is 7.18. The molecular formula is C17H26N6O2. The second-order valence-electron chi connectivity index (χ2n) is 7.18. The molecule has 1 aliphatic heterocycles. The highest BCUT2D eigenvalue weighted by Gasteiger charge is 2.28. The molecule has 1 saturated heterocycles. The van der Waals surface area contributed by atoms with Crippen LogP contribution in [0.15, 0.2) is 10.9 Å². The Labute approximate surface area is 147 Å². The summed E-state index contributed by atoms with van der Waals surface area (Å²) >= 11 is 0. The number of piperidine rings is 1. The summed E-state index contributed by atoms with van der Waals surface area (Å²) in [5, 5.41) is 12.0. The van der Waals surface area contributed by atoms with E-state index in [9.17, 15) is 4.79 Å². The van der Waals surface area contributed by atoms with Crippen molar-refractivity contribution in [2.75, 3.05) is 13.1 Å². The minimum atomic E-state index is 0.140. The molecule has 0 bridgehead atoms. The van der Waals surface area contributed by atoms with E-state index in [1.165, 1.54) is 0 Å². The molecule has 2 aromatic heterocycles. The molecule has 0 aliphatic carbocycles. The fraction of sp³-hybridized carbons (Fsp3) is 0.706. The number of likely N-dealkylation sites (tertiary alicyclic amines) is 1. The van der Waals surface area contributed by atoms with Crippen LogP contribution in [0, 0.1) is 5.92 Å². The first-order chi connectivity index (χ1) is 12.0. The summed E-state index contributed by atoms with van der Waals surface area (Å²) in [5.74, 6) is 3.04. The largest absolute Gasteiger partial charge is 0.342 e. The lowest BCUT2D eigenvalue weighted by Gasteiger charge is -2.31. The Morgan fingerprint density at radius 2 is 2.28 bits per heavy atom. The van der Waals surface area contributed by atoms with Gasteiger partial charge >= 0.3 is 0 Å². The second kappa shape index (κ2) is 7.76. The molecule has 0 N–H and O–H groups in total. The van der Waals surface area contributed by atoms with Crippen molar-refractivity contribution in [3.8, 4) is 0 Å². The van der Waals surface area contributed by atoms with Crippen LogP contribution in [0.3, 0.4) is 0 Å². The molecule has 136 valence electrons. The van der Waals surface area contributed by atoms with Crippen LogP contribution in [0.2, 0.25) is 0 Å². The summed E-state index contributed by atoms with van der Waals surface area (Å²) in [6.07, 6.45) is 5.47. The number of aryl methyl sites for hydroxylation is 2. The molecular weight excluding hydrogens is 320 g/mol. The first-order valence-corrected chi connectivity index (χ1v) is 8.96. The Morgan fingerprint density at radius 3 is 3.00 bits per heavy atom. The maximum Gasteiger partial charge on any atom is 0.231 e. The Balaban J connectivity index is 1.56. The summed E-state index contributed by atoms with van der Waals surface area (Å²) in [6, 6.07) is 0. The van der Waals surface area contributed by atoms with Crippen LogP contribution < -0.4 is 0 Å². The fourth-order valence-corrected chi connectivity index (χ4v) is 3.20.